The summed E-state index contributed by atoms with van der Waals surface area (Å²) < 4.78 is 51.7. The first-order valence-corrected chi connectivity index (χ1v) is 8.47. The second-order valence-electron chi connectivity index (χ2n) is 6.20. The van der Waals surface area contributed by atoms with E-state index in [0.29, 0.717) is 16.4 Å². The zero-order valence-corrected chi connectivity index (χ0v) is 15.7. The molecule has 11 heteroatoms. The number of amides is 4. The zero-order chi connectivity index (χ0) is 22.1. The third-order valence-corrected chi connectivity index (χ3v) is 4.43. The highest BCUT2D eigenvalue weighted by Gasteiger charge is 2.69. The molecule has 0 radical (unpaired) electrons. The molecule has 1 fully saturated rings. The van der Waals surface area contributed by atoms with Crippen molar-refractivity contribution in [2.24, 2.45) is 0 Å². The van der Waals surface area contributed by atoms with Crippen LogP contribution in [0.25, 0.3) is 0 Å². The van der Waals surface area contributed by atoms with Gasteiger partial charge in [0.2, 0.25) is 0 Å². The van der Waals surface area contributed by atoms with E-state index in [0.717, 1.165) is 0 Å². The van der Waals surface area contributed by atoms with Gasteiger partial charge in [0.15, 0.2) is 0 Å². The molecule has 2 N–H and O–H groups in total. The van der Waals surface area contributed by atoms with Crippen molar-refractivity contribution >= 4 is 23.5 Å². The Labute approximate surface area is 168 Å². The molecule has 0 spiro atoms. The summed E-state index contributed by atoms with van der Waals surface area (Å²) in [4.78, 5) is 37.8. The predicted octanol–water partition coefficient (Wildman–Crippen LogP) is 2.45. The monoisotopic (exact) mass is 423 g/mol. The number of carbonyl (C=O) groups excluding carboxylic acids is 3. The molecule has 1 saturated heterocycles. The molecule has 0 saturated carbocycles. The van der Waals surface area contributed by atoms with E-state index in [1.165, 1.54) is 62.8 Å². The van der Waals surface area contributed by atoms with Gasteiger partial charge in [-0.1, -0.05) is 0 Å². The molecule has 1 aliphatic heterocycles. The number of benzene rings is 2. The molecule has 0 unspecified atom stereocenters. The van der Waals surface area contributed by atoms with E-state index in [4.69, 9.17) is 9.47 Å². The lowest BCUT2D eigenvalue weighted by Gasteiger charge is -2.29. The number of rotatable bonds is 5. The molecule has 30 heavy (non-hydrogen) atoms. The van der Waals surface area contributed by atoms with Crippen molar-refractivity contribution in [3.63, 3.8) is 0 Å². The maximum Gasteiger partial charge on any atom is 0.440 e. The second kappa shape index (κ2) is 7.58. The van der Waals surface area contributed by atoms with Gasteiger partial charge in [0.1, 0.15) is 11.5 Å². The second-order valence-corrected chi connectivity index (χ2v) is 6.20. The Morgan fingerprint density at radius 1 is 0.967 bits per heavy atom. The first-order valence-electron chi connectivity index (χ1n) is 8.47. The summed E-state index contributed by atoms with van der Waals surface area (Å²) in [5.74, 6) is -2.14. The first-order chi connectivity index (χ1) is 14.1. The van der Waals surface area contributed by atoms with E-state index in [2.05, 4.69) is 0 Å². The fraction of sp³-hybridized carbons (Fsp3) is 0.211. The van der Waals surface area contributed by atoms with E-state index in [-0.39, 0.29) is 11.3 Å². The largest absolute Gasteiger partial charge is 0.497 e. The number of carbonyl (C=O) groups is 3. The molecule has 0 aliphatic carbocycles. The number of anilines is 1. The van der Waals surface area contributed by atoms with Crippen LogP contribution in [0.2, 0.25) is 0 Å². The maximum atomic E-state index is 13.9. The molecule has 3 rings (SSSR count). The number of hydrogen-bond donors (Lipinski definition) is 2. The van der Waals surface area contributed by atoms with Crippen molar-refractivity contribution in [2.45, 2.75) is 11.8 Å². The molecule has 8 nitrogen and oxygen atoms in total. The Balaban J connectivity index is 1.95. The Hall–Kier alpha value is -3.76. The highest BCUT2D eigenvalue weighted by Crippen LogP contribution is 2.36. The number of methoxy groups -OCH3 is 2. The molecular formula is C19H16F3N3O5. The Morgan fingerprint density at radius 3 is 1.93 bits per heavy atom. The van der Waals surface area contributed by atoms with E-state index in [1.807, 2.05) is 0 Å². The number of nitrogens with one attached hydrogen (secondary N) is 2. The lowest BCUT2D eigenvalue weighted by atomic mass is 10.1. The lowest BCUT2D eigenvalue weighted by Crippen LogP contribution is -2.69. The van der Waals surface area contributed by atoms with Crippen LogP contribution in [0, 0.1) is 0 Å². The Kier molecular flexibility index (Phi) is 5.29. The Bertz CT molecular complexity index is 976. The van der Waals surface area contributed by atoms with Crippen molar-refractivity contribution in [1.82, 2.24) is 10.6 Å². The third kappa shape index (κ3) is 3.49. The summed E-state index contributed by atoms with van der Waals surface area (Å²) in [6.07, 6.45) is -5.32. The molecular weight excluding hydrogens is 407 g/mol. The van der Waals surface area contributed by atoms with Gasteiger partial charge in [0, 0.05) is 5.56 Å². The molecule has 0 aromatic heterocycles. The van der Waals surface area contributed by atoms with Gasteiger partial charge in [-0.05, 0) is 48.5 Å². The smallest absolute Gasteiger partial charge is 0.440 e. The van der Waals surface area contributed by atoms with Gasteiger partial charge in [-0.2, -0.15) is 13.2 Å². The average molecular weight is 423 g/mol. The summed E-state index contributed by atoms with van der Waals surface area (Å²) >= 11 is 0. The van der Waals surface area contributed by atoms with Crippen LogP contribution in [-0.2, 0) is 4.79 Å². The first kappa shape index (κ1) is 21.0. The molecule has 1 aliphatic rings. The Morgan fingerprint density at radius 2 is 1.47 bits per heavy atom. The molecule has 1 heterocycles. The van der Waals surface area contributed by atoms with Gasteiger partial charge in [0.25, 0.3) is 17.5 Å². The minimum Gasteiger partial charge on any atom is -0.497 e. The van der Waals surface area contributed by atoms with Crippen molar-refractivity contribution in [2.75, 3.05) is 19.1 Å². The van der Waals surface area contributed by atoms with E-state index in [1.54, 1.807) is 10.6 Å². The van der Waals surface area contributed by atoms with Crippen molar-refractivity contribution in [1.29, 1.82) is 0 Å². The van der Waals surface area contributed by atoms with Crippen molar-refractivity contribution in [3.05, 3.63) is 54.1 Å². The number of alkyl halides is 3. The molecule has 1 atom stereocenters. The fourth-order valence-corrected chi connectivity index (χ4v) is 2.83. The summed E-state index contributed by atoms with van der Waals surface area (Å²) in [6, 6.07) is 9.09. The molecule has 2 aromatic carbocycles. The van der Waals surface area contributed by atoms with Crippen LogP contribution in [0.15, 0.2) is 48.5 Å². The van der Waals surface area contributed by atoms with Gasteiger partial charge in [0.05, 0.1) is 19.9 Å². The molecule has 158 valence electrons. The van der Waals surface area contributed by atoms with Crippen LogP contribution in [0.5, 0.6) is 11.5 Å². The topological polar surface area (TPSA) is 97.0 Å². The summed E-state index contributed by atoms with van der Waals surface area (Å²) in [6.45, 7) is 0. The van der Waals surface area contributed by atoms with Gasteiger partial charge in [-0.15, -0.1) is 0 Å². The van der Waals surface area contributed by atoms with E-state index < -0.39 is 29.7 Å². The van der Waals surface area contributed by atoms with Crippen LogP contribution < -0.4 is 25.0 Å². The SMILES string of the molecule is COc1ccc(C(=O)N[C@]2(C(F)(F)F)NC(=O)N(c3ccc(OC)cc3)C2=O)cc1. The lowest BCUT2D eigenvalue weighted by molar-refractivity contribution is -0.197. The summed E-state index contributed by atoms with van der Waals surface area (Å²) in [7, 11) is 2.76. The van der Waals surface area contributed by atoms with Gasteiger partial charge >= 0.3 is 12.2 Å². The van der Waals surface area contributed by atoms with Crippen LogP contribution >= 0.6 is 0 Å². The van der Waals surface area contributed by atoms with Crippen LogP contribution in [-0.4, -0.2) is 43.9 Å². The number of hydrogen-bond acceptors (Lipinski definition) is 5. The maximum absolute atomic E-state index is 13.9. The van der Waals surface area contributed by atoms with E-state index >= 15 is 0 Å². The summed E-state index contributed by atoms with van der Waals surface area (Å²) in [5.41, 5.74) is -3.91. The number of halogens is 3. The van der Waals surface area contributed by atoms with Gasteiger partial charge in [-0.25, -0.2) is 9.69 Å². The summed E-state index contributed by atoms with van der Waals surface area (Å²) in [5, 5.41) is 3.22. The fourth-order valence-electron chi connectivity index (χ4n) is 2.83. The minimum absolute atomic E-state index is 0.122. The van der Waals surface area contributed by atoms with Crippen LogP contribution in [0.4, 0.5) is 23.7 Å². The molecule has 0 bridgehead atoms. The van der Waals surface area contributed by atoms with Crippen LogP contribution in [0.1, 0.15) is 10.4 Å². The minimum atomic E-state index is -5.32. The van der Waals surface area contributed by atoms with Gasteiger partial charge in [-0.3, -0.25) is 14.9 Å². The number of nitrogens with zero attached hydrogens (tertiary/aromatic N) is 1. The predicted molar refractivity (Wildman–Crippen MR) is 98.3 cm³/mol. The third-order valence-electron chi connectivity index (χ3n) is 4.43. The standard InChI is InChI=1S/C19H16F3N3O5/c1-29-13-7-3-11(4-8-13)15(26)23-18(19(20,21)22)16(27)25(17(28)24-18)12-5-9-14(30-2)10-6-12/h3-10H,1-2H3,(H,23,26)(H,24,28)/t18-/m0/s1. The van der Waals surface area contributed by atoms with Gasteiger partial charge < -0.3 is 14.8 Å². The normalized spacial score (nSPS) is 18.8. The van der Waals surface area contributed by atoms with Crippen molar-refractivity contribution in [3.8, 4) is 11.5 Å². The molecule has 4 amide bonds. The highest BCUT2D eigenvalue weighted by atomic mass is 19.4. The van der Waals surface area contributed by atoms with E-state index in [9.17, 15) is 27.6 Å². The number of ether oxygens (including phenoxy) is 2. The molecule has 2 aromatic rings. The highest BCUT2D eigenvalue weighted by molar-refractivity contribution is 6.24. The zero-order valence-electron chi connectivity index (χ0n) is 15.7. The number of urea groups is 1. The average Bonchev–Trinajstić information content (AvgIpc) is 2.98. The number of imide groups is 1. The van der Waals surface area contributed by atoms with Crippen molar-refractivity contribution < 1.29 is 37.0 Å². The van der Waals surface area contributed by atoms with Crippen LogP contribution in [0.3, 0.4) is 0 Å². The quantitative estimate of drug-likeness (QED) is 0.721.